The highest BCUT2D eigenvalue weighted by molar-refractivity contribution is 14.1. The van der Waals surface area contributed by atoms with Crippen molar-refractivity contribution in [2.45, 2.75) is 26.8 Å². The molecule has 146 valence electrons. The van der Waals surface area contributed by atoms with Crippen LogP contribution < -0.4 is 4.74 Å². The average molecular weight is 491 g/mol. The van der Waals surface area contributed by atoms with E-state index in [0.717, 1.165) is 21.1 Å². The van der Waals surface area contributed by atoms with Gasteiger partial charge in [0.15, 0.2) is 6.61 Å². The van der Waals surface area contributed by atoms with Gasteiger partial charge in [0, 0.05) is 15.7 Å². The number of halogens is 1. The standard InChI is InChI=1S/C21H22IN3O3/c1-3-11-25(20(26)14-27-18-9-7-17(22)8-10-18)13-19-23-21(24-28-19)16-6-4-5-15(2)12-16/h4-10,12H,3,11,13-14H2,1-2H3. The molecule has 2 aromatic carbocycles. The molecule has 28 heavy (non-hydrogen) atoms. The molecule has 3 rings (SSSR count). The Morgan fingerprint density at radius 2 is 2.00 bits per heavy atom. The van der Waals surface area contributed by atoms with Crippen LogP contribution in [0.2, 0.25) is 0 Å². The summed E-state index contributed by atoms with van der Waals surface area (Å²) in [5, 5.41) is 4.05. The van der Waals surface area contributed by atoms with E-state index in [4.69, 9.17) is 9.26 Å². The normalized spacial score (nSPS) is 10.7. The Hall–Kier alpha value is -2.42. The third-order valence-corrected chi connectivity index (χ3v) is 4.81. The largest absolute Gasteiger partial charge is 0.484 e. The van der Waals surface area contributed by atoms with Gasteiger partial charge in [-0.2, -0.15) is 4.98 Å². The van der Waals surface area contributed by atoms with Gasteiger partial charge in [0.1, 0.15) is 12.3 Å². The summed E-state index contributed by atoms with van der Waals surface area (Å²) in [6, 6.07) is 15.5. The number of benzene rings is 2. The second kappa shape index (κ2) is 9.68. The number of amides is 1. The zero-order chi connectivity index (χ0) is 19.9. The highest BCUT2D eigenvalue weighted by atomic mass is 127. The molecule has 7 heteroatoms. The number of hydrogen-bond acceptors (Lipinski definition) is 5. The minimum absolute atomic E-state index is 0.0283. The van der Waals surface area contributed by atoms with Crippen LogP contribution in [0, 0.1) is 10.5 Å². The molecule has 1 aromatic heterocycles. The van der Waals surface area contributed by atoms with Crippen LogP contribution in [0.5, 0.6) is 5.75 Å². The fraction of sp³-hybridized carbons (Fsp3) is 0.286. The second-order valence-corrected chi connectivity index (χ2v) is 7.68. The predicted molar refractivity (Wildman–Crippen MR) is 115 cm³/mol. The average Bonchev–Trinajstić information content (AvgIpc) is 3.16. The Morgan fingerprint density at radius 1 is 1.21 bits per heavy atom. The fourth-order valence-electron chi connectivity index (χ4n) is 2.71. The van der Waals surface area contributed by atoms with E-state index in [1.807, 2.05) is 62.4 Å². The van der Waals surface area contributed by atoms with Crippen molar-refractivity contribution in [2.24, 2.45) is 0 Å². The van der Waals surface area contributed by atoms with E-state index in [9.17, 15) is 4.79 Å². The lowest BCUT2D eigenvalue weighted by molar-refractivity contribution is -0.134. The maximum absolute atomic E-state index is 12.6. The van der Waals surface area contributed by atoms with Crippen molar-refractivity contribution >= 4 is 28.5 Å². The smallest absolute Gasteiger partial charge is 0.260 e. The van der Waals surface area contributed by atoms with Crippen LogP contribution in [0.15, 0.2) is 53.1 Å². The lowest BCUT2D eigenvalue weighted by Crippen LogP contribution is -2.35. The van der Waals surface area contributed by atoms with Crippen molar-refractivity contribution in [1.82, 2.24) is 15.0 Å². The zero-order valence-electron chi connectivity index (χ0n) is 15.9. The zero-order valence-corrected chi connectivity index (χ0v) is 18.0. The number of ether oxygens (including phenoxy) is 1. The van der Waals surface area contributed by atoms with Crippen molar-refractivity contribution in [3.05, 3.63) is 63.6 Å². The molecule has 3 aromatic rings. The van der Waals surface area contributed by atoms with Gasteiger partial charge in [-0.1, -0.05) is 35.8 Å². The van der Waals surface area contributed by atoms with E-state index in [1.54, 1.807) is 4.90 Å². The number of carbonyl (C=O) groups excluding carboxylic acids is 1. The van der Waals surface area contributed by atoms with Gasteiger partial charge in [0.05, 0.1) is 0 Å². The molecule has 0 atom stereocenters. The summed E-state index contributed by atoms with van der Waals surface area (Å²) in [5.41, 5.74) is 2.02. The molecular formula is C21H22IN3O3. The first-order valence-corrected chi connectivity index (χ1v) is 10.2. The van der Waals surface area contributed by atoms with Crippen LogP contribution in [-0.2, 0) is 11.3 Å². The summed E-state index contributed by atoms with van der Waals surface area (Å²) in [7, 11) is 0. The van der Waals surface area contributed by atoms with E-state index < -0.39 is 0 Å². The molecule has 0 fully saturated rings. The van der Waals surface area contributed by atoms with Crippen molar-refractivity contribution in [3.63, 3.8) is 0 Å². The topological polar surface area (TPSA) is 68.5 Å². The van der Waals surface area contributed by atoms with Gasteiger partial charge in [0.2, 0.25) is 11.7 Å². The molecule has 0 aliphatic carbocycles. The minimum Gasteiger partial charge on any atom is -0.484 e. The van der Waals surface area contributed by atoms with Gasteiger partial charge in [-0.25, -0.2) is 0 Å². The molecule has 1 amide bonds. The predicted octanol–water partition coefficient (Wildman–Crippen LogP) is 4.47. The molecule has 1 heterocycles. The van der Waals surface area contributed by atoms with Crippen LogP contribution in [0.3, 0.4) is 0 Å². The Balaban J connectivity index is 1.63. The minimum atomic E-state index is -0.115. The number of carbonyl (C=O) groups is 1. The summed E-state index contributed by atoms with van der Waals surface area (Å²) >= 11 is 2.23. The van der Waals surface area contributed by atoms with Crippen LogP contribution in [0.25, 0.3) is 11.4 Å². The first-order valence-electron chi connectivity index (χ1n) is 9.11. The van der Waals surface area contributed by atoms with Crippen molar-refractivity contribution in [2.75, 3.05) is 13.2 Å². The van der Waals surface area contributed by atoms with Crippen LogP contribution in [0.4, 0.5) is 0 Å². The highest BCUT2D eigenvalue weighted by Crippen LogP contribution is 2.18. The summed E-state index contributed by atoms with van der Waals surface area (Å²) in [5.74, 6) is 1.49. The lowest BCUT2D eigenvalue weighted by Gasteiger charge is -2.20. The summed E-state index contributed by atoms with van der Waals surface area (Å²) in [6.07, 6.45) is 0.828. The number of hydrogen-bond donors (Lipinski definition) is 0. The Morgan fingerprint density at radius 3 is 2.71 bits per heavy atom. The molecule has 0 bridgehead atoms. The number of nitrogens with zero attached hydrogens (tertiary/aromatic N) is 3. The van der Waals surface area contributed by atoms with E-state index in [1.165, 1.54) is 0 Å². The molecule has 6 nitrogen and oxygen atoms in total. The first kappa shape index (κ1) is 20.3. The molecule has 0 saturated heterocycles. The SMILES string of the molecule is CCCN(Cc1nc(-c2cccc(C)c2)no1)C(=O)COc1ccc(I)cc1. The van der Waals surface area contributed by atoms with Crippen LogP contribution >= 0.6 is 22.6 Å². The van der Waals surface area contributed by atoms with Crippen LogP contribution in [0.1, 0.15) is 24.8 Å². The Bertz CT molecular complexity index is 925. The van der Waals surface area contributed by atoms with Crippen molar-refractivity contribution in [1.29, 1.82) is 0 Å². The molecule has 0 saturated carbocycles. The molecule has 0 aliphatic heterocycles. The quantitative estimate of drug-likeness (QED) is 0.435. The Kier molecular flexibility index (Phi) is 7.02. The lowest BCUT2D eigenvalue weighted by atomic mass is 10.1. The van der Waals surface area contributed by atoms with Gasteiger partial charge in [0.25, 0.3) is 5.91 Å². The molecular weight excluding hydrogens is 469 g/mol. The number of rotatable bonds is 8. The Labute approximate surface area is 178 Å². The van der Waals surface area contributed by atoms with Gasteiger partial charge >= 0.3 is 0 Å². The summed E-state index contributed by atoms with van der Waals surface area (Å²) in [6.45, 7) is 4.87. The number of aromatic nitrogens is 2. The third kappa shape index (κ3) is 5.54. The van der Waals surface area contributed by atoms with Crippen molar-refractivity contribution in [3.8, 4) is 17.1 Å². The third-order valence-electron chi connectivity index (χ3n) is 4.09. The van der Waals surface area contributed by atoms with Crippen LogP contribution in [-0.4, -0.2) is 34.1 Å². The van der Waals surface area contributed by atoms with E-state index in [2.05, 4.69) is 32.7 Å². The molecule has 0 N–H and O–H groups in total. The summed E-state index contributed by atoms with van der Waals surface area (Å²) in [4.78, 5) is 18.7. The van der Waals surface area contributed by atoms with Gasteiger partial charge in [-0.15, -0.1) is 0 Å². The van der Waals surface area contributed by atoms with E-state index in [-0.39, 0.29) is 19.1 Å². The number of aryl methyl sites for hydroxylation is 1. The molecule has 0 unspecified atom stereocenters. The van der Waals surface area contributed by atoms with Gasteiger partial charge in [-0.3, -0.25) is 4.79 Å². The molecule has 0 aliphatic rings. The van der Waals surface area contributed by atoms with E-state index >= 15 is 0 Å². The first-order chi connectivity index (χ1) is 13.5. The monoisotopic (exact) mass is 491 g/mol. The molecule has 0 radical (unpaired) electrons. The van der Waals surface area contributed by atoms with E-state index in [0.29, 0.717) is 24.0 Å². The second-order valence-electron chi connectivity index (χ2n) is 6.44. The maximum Gasteiger partial charge on any atom is 0.260 e. The highest BCUT2D eigenvalue weighted by Gasteiger charge is 2.18. The van der Waals surface area contributed by atoms with Gasteiger partial charge < -0.3 is 14.2 Å². The maximum atomic E-state index is 12.6. The fourth-order valence-corrected chi connectivity index (χ4v) is 3.07. The molecule has 0 spiro atoms. The van der Waals surface area contributed by atoms with Gasteiger partial charge in [-0.05, 0) is 66.3 Å². The summed E-state index contributed by atoms with van der Waals surface area (Å²) < 4.78 is 12.1. The van der Waals surface area contributed by atoms with Crippen molar-refractivity contribution < 1.29 is 14.1 Å².